The van der Waals surface area contributed by atoms with Gasteiger partial charge in [0.25, 0.3) is 0 Å². The van der Waals surface area contributed by atoms with Crippen molar-refractivity contribution in [3.8, 4) is 0 Å². The van der Waals surface area contributed by atoms with Crippen molar-refractivity contribution < 1.29 is 14.7 Å². The molecule has 1 N–H and O–H groups in total. The summed E-state index contributed by atoms with van der Waals surface area (Å²) in [5.41, 5.74) is 1.62. The predicted molar refractivity (Wildman–Crippen MR) is 83.4 cm³/mol. The van der Waals surface area contributed by atoms with Crippen LogP contribution < -0.4 is 4.90 Å². The quantitative estimate of drug-likeness (QED) is 0.744. The van der Waals surface area contributed by atoms with Gasteiger partial charge in [0.15, 0.2) is 0 Å². The summed E-state index contributed by atoms with van der Waals surface area (Å²) in [7, 11) is 0. The lowest BCUT2D eigenvalue weighted by molar-refractivity contribution is -0.135. The van der Waals surface area contributed by atoms with Gasteiger partial charge in [-0.25, -0.2) is 0 Å². The standard InChI is InChI=1S/C16H22N2O3/c1-4-17(10-13(2)3)15(19)11-18(12-16(20)21)14-8-6-5-7-9-14/h5-9H,2,4,10-12H2,1,3H3,(H,20,21). The molecule has 0 aliphatic carbocycles. The van der Waals surface area contributed by atoms with E-state index in [1.165, 1.54) is 0 Å². The van der Waals surface area contributed by atoms with Crippen LogP contribution in [0.25, 0.3) is 0 Å². The summed E-state index contributed by atoms with van der Waals surface area (Å²) in [6, 6.07) is 9.08. The maximum absolute atomic E-state index is 12.3. The Morgan fingerprint density at radius 2 is 1.76 bits per heavy atom. The van der Waals surface area contributed by atoms with E-state index in [4.69, 9.17) is 5.11 Å². The molecule has 0 aliphatic heterocycles. The third kappa shape index (κ3) is 5.69. The molecule has 5 heteroatoms. The molecular formula is C16H22N2O3. The zero-order valence-electron chi connectivity index (χ0n) is 12.6. The monoisotopic (exact) mass is 290 g/mol. The van der Waals surface area contributed by atoms with E-state index in [0.717, 1.165) is 11.3 Å². The van der Waals surface area contributed by atoms with Gasteiger partial charge in [0.1, 0.15) is 6.54 Å². The summed E-state index contributed by atoms with van der Waals surface area (Å²) in [6.45, 7) is 8.46. The fourth-order valence-electron chi connectivity index (χ4n) is 2.01. The highest BCUT2D eigenvalue weighted by molar-refractivity contribution is 5.84. The topological polar surface area (TPSA) is 60.9 Å². The second-order valence-corrected chi connectivity index (χ2v) is 4.95. The lowest BCUT2D eigenvalue weighted by Gasteiger charge is -2.27. The van der Waals surface area contributed by atoms with Crippen LogP contribution in [-0.2, 0) is 9.59 Å². The number of likely N-dealkylation sites (N-methyl/N-ethyl adjacent to an activating group) is 1. The third-order valence-corrected chi connectivity index (χ3v) is 2.97. The average molecular weight is 290 g/mol. The summed E-state index contributed by atoms with van der Waals surface area (Å²) in [5.74, 6) is -1.07. The van der Waals surface area contributed by atoms with Crippen molar-refractivity contribution >= 4 is 17.6 Å². The molecule has 0 spiro atoms. The van der Waals surface area contributed by atoms with E-state index in [0.29, 0.717) is 13.1 Å². The molecule has 0 fully saturated rings. The first kappa shape index (κ1) is 16.8. The zero-order chi connectivity index (χ0) is 15.8. The van der Waals surface area contributed by atoms with E-state index in [2.05, 4.69) is 6.58 Å². The highest BCUT2D eigenvalue weighted by atomic mass is 16.4. The van der Waals surface area contributed by atoms with Crippen LogP contribution in [0.3, 0.4) is 0 Å². The molecule has 21 heavy (non-hydrogen) atoms. The second kappa shape index (κ2) is 8.09. The van der Waals surface area contributed by atoms with E-state index in [9.17, 15) is 9.59 Å². The van der Waals surface area contributed by atoms with Crippen LogP contribution in [0.2, 0.25) is 0 Å². The first-order valence-corrected chi connectivity index (χ1v) is 6.88. The molecule has 0 saturated carbocycles. The first-order chi connectivity index (χ1) is 9.93. The zero-order valence-corrected chi connectivity index (χ0v) is 12.6. The van der Waals surface area contributed by atoms with Crippen molar-refractivity contribution in [3.05, 3.63) is 42.5 Å². The van der Waals surface area contributed by atoms with Crippen molar-refractivity contribution in [3.63, 3.8) is 0 Å². The van der Waals surface area contributed by atoms with Crippen LogP contribution >= 0.6 is 0 Å². The van der Waals surface area contributed by atoms with Gasteiger partial charge in [0.05, 0.1) is 6.54 Å². The van der Waals surface area contributed by atoms with Crippen molar-refractivity contribution in [2.75, 3.05) is 31.1 Å². The number of para-hydroxylation sites is 1. The third-order valence-electron chi connectivity index (χ3n) is 2.97. The first-order valence-electron chi connectivity index (χ1n) is 6.88. The minimum atomic E-state index is -0.963. The number of aliphatic carboxylic acids is 1. The number of hydrogen-bond donors (Lipinski definition) is 1. The van der Waals surface area contributed by atoms with Gasteiger partial charge in [-0.1, -0.05) is 30.4 Å². The van der Waals surface area contributed by atoms with E-state index in [-0.39, 0.29) is 19.0 Å². The van der Waals surface area contributed by atoms with Gasteiger partial charge in [-0.05, 0) is 26.0 Å². The Labute approximate surface area is 125 Å². The number of rotatable bonds is 8. The molecule has 114 valence electrons. The largest absolute Gasteiger partial charge is 0.480 e. The molecule has 0 atom stereocenters. The van der Waals surface area contributed by atoms with Crippen molar-refractivity contribution in [1.82, 2.24) is 4.90 Å². The summed E-state index contributed by atoms with van der Waals surface area (Å²) in [6.07, 6.45) is 0. The number of benzene rings is 1. The second-order valence-electron chi connectivity index (χ2n) is 4.95. The lowest BCUT2D eigenvalue weighted by Crippen LogP contribution is -2.42. The van der Waals surface area contributed by atoms with Gasteiger partial charge in [-0.3, -0.25) is 9.59 Å². The van der Waals surface area contributed by atoms with E-state index >= 15 is 0 Å². The number of nitrogens with zero attached hydrogens (tertiary/aromatic N) is 2. The maximum atomic E-state index is 12.3. The number of hydrogen-bond acceptors (Lipinski definition) is 3. The van der Waals surface area contributed by atoms with Crippen molar-refractivity contribution in [2.24, 2.45) is 0 Å². The van der Waals surface area contributed by atoms with Crippen LogP contribution in [0.4, 0.5) is 5.69 Å². The Morgan fingerprint density at radius 3 is 2.24 bits per heavy atom. The molecule has 0 bridgehead atoms. The fourth-order valence-corrected chi connectivity index (χ4v) is 2.01. The van der Waals surface area contributed by atoms with Crippen LogP contribution in [0.5, 0.6) is 0 Å². The van der Waals surface area contributed by atoms with E-state index in [1.54, 1.807) is 21.9 Å². The fraction of sp³-hybridized carbons (Fsp3) is 0.375. The molecule has 1 amide bonds. The predicted octanol–water partition coefficient (Wildman–Crippen LogP) is 2.00. The molecule has 0 saturated heterocycles. The lowest BCUT2D eigenvalue weighted by atomic mass is 10.2. The minimum Gasteiger partial charge on any atom is -0.480 e. The molecule has 0 aromatic heterocycles. The van der Waals surface area contributed by atoms with Gasteiger partial charge in [-0.2, -0.15) is 0 Å². The molecule has 1 aromatic carbocycles. The maximum Gasteiger partial charge on any atom is 0.323 e. The number of anilines is 1. The van der Waals surface area contributed by atoms with E-state index < -0.39 is 5.97 Å². The minimum absolute atomic E-state index is 0.0391. The van der Waals surface area contributed by atoms with Crippen LogP contribution in [-0.4, -0.2) is 48.1 Å². The Morgan fingerprint density at radius 1 is 1.14 bits per heavy atom. The highest BCUT2D eigenvalue weighted by Crippen LogP contribution is 2.13. The Kier molecular flexibility index (Phi) is 6.46. The number of carbonyl (C=O) groups is 2. The van der Waals surface area contributed by atoms with Crippen LogP contribution in [0.15, 0.2) is 42.5 Å². The molecular weight excluding hydrogens is 268 g/mol. The van der Waals surface area contributed by atoms with Crippen molar-refractivity contribution in [1.29, 1.82) is 0 Å². The summed E-state index contributed by atoms with van der Waals surface area (Å²) < 4.78 is 0. The van der Waals surface area contributed by atoms with Crippen LogP contribution in [0.1, 0.15) is 13.8 Å². The summed E-state index contributed by atoms with van der Waals surface area (Å²) >= 11 is 0. The number of amides is 1. The van der Waals surface area contributed by atoms with Gasteiger partial charge in [0.2, 0.25) is 5.91 Å². The van der Waals surface area contributed by atoms with Gasteiger partial charge in [-0.15, -0.1) is 0 Å². The molecule has 1 aromatic rings. The van der Waals surface area contributed by atoms with Crippen LogP contribution in [0, 0.1) is 0 Å². The highest BCUT2D eigenvalue weighted by Gasteiger charge is 2.18. The Balaban J connectivity index is 2.83. The average Bonchev–Trinajstić information content (AvgIpc) is 2.44. The SMILES string of the molecule is C=C(C)CN(CC)C(=O)CN(CC(=O)O)c1ccccc1. The molecule has 0 radical (unpaired) electrons. The summed E-state index contributed by atoms with van der Waals surface area (Å²) in [4.78, 5) is 26.6. The summed E-state index contributed by atoms with van der Waals surface area (Å²) in [5, 5.41) is 9.02. The van der Waals surface area contributed by atoms with Crippen molar-refractivity contribution in [2.45, 2.75) is 13.8 Å². The van der Waals surface area contributed by atoms with Gasteiger partial charge >= 0.3 is 5.97 Å². The molecule has 0 aliphatic rings. The number of carboxylic acids is 1. The Hall–Kier alpha value is -2.30. The molecule has 5 nitrogen and oxygen atoms in total. The smallest absolute Gasteiger partial charge is 0.323 e. The molecule has 0 heterocycles. The Bertz CT molecular complexity index is 500. The van der Waals surface area contributed by atoms with E-state index in [1.807, 2.05) is 32.0 Å². The molecule has 0 unspecified atom stereocenters. The normalized spacial score (nSPS) is 10.0. The van der Waals surface area contributed by atoms with Gasteiger partial charge < -0.3 is 14.9 Å². The molecule has 1 rings (SSSR count). The number of carboxylic acid groups (broad SMARTS) is 1. The number of carbonyl (C=O) groups excluding carboxylic acids is 1. The van der Waals surface area contributed by atoms with Gasteiger partial charge in [0, 0.05) is 18.8 Å².